The summed E-state index contributed by atoms with van der Waals surface area (Å²) in [6, 6.07) is 7.44. The number of benzene rings is 1. The van der Waals surface area contributed by atoms with Gasteiger partial charge in [-0.2, -0.15) is 0 Å². The highest BCUT2D eigenvalue weighted by molar-refractivity contribution is 6.29. The third-order valence-electron chi connectivity index (χ3n) is 2.77. The van der Waals surface area contributed by atoms with E-state index in [1.165, 1.54) is 0 Å². The number of hydrogen-bond donors (Lipinski definition) is 1. The average Bonchev–Trinajstić information content (AvgIpc) is 2.45. The number of allylic oxidation sites excluding steroid dienone is 2. The molecule has 0 heterocycles. The molecule has 0 unspecified atom stereocenters. The molecule has 0 saturated carbocycles. The van der Waals surface area contributed by atoms with Crippen LogP contribution in [0.4, 0.5) is 5.69 Å². The largest absolute Gasteiger partial charge is 0.495 e. The van der Waals surface area contributed by atoms with Gasteiger partial charge in [0.2, 0.25) is 0 Å². The Morgan fingerprint density at radius 3 is 2.62 bits per heavy atom. The van der Waals surface area contributed by atoms with Crippen molar-refractivity contribution in [1.82, 2.24) is 0 Å². The van der Waals surface area contributed by atoms with E-state index < -0.39 is 5.97 Å². The van der Waals surface area contributed by atoms with Gasteiger partial charge in [0.15, 0.2) is 0 Å². The van der Waals surface area contributed by atoms with Crippen molar-refractivity contribution in [2.75, 3.05) is 19.0 Å². The first-order chi connectivity index (χ1) is 9.99. The Hall–Kier alpha value is -1.94. The van der Waals surface area contributed by atoms with Gasteiger partial charge in [-0.25, -0.2) is 4.79 Å². The number of methoxy groups -OCH3 is 1. The Morgan fingerprint density at radius 2 is 2.05 bits per heavy atom. The number of carbonyl (C=O) groups is 1. The lowest BCUT2D eigenvalue weighted by Gasteiger charge is -2.15. The Bertz CT molecular complexity index is 552. The third kappa shape index (κ3) is 5.16. The highest BCUT2D eigenvalue weighted by Gasteiger charge is 2.16. The van der Waals surface area contributed by atoms with Crippen molar-refractivity contribution in [3.63, 3.8) is 0 Å². The molecule has 0 aliphatic rings. The van der Waals surface area contributed by atoms with Gasteiger partial charge in [-0.05, 0) is 26.0 Å². The summed E-state index contributed by atoms with van der Waals surface area (Å²) >= 11 is 5.83. The molecule has 0 bridgehead atoms. The van der Waals surface area contributed by atoms with Crippen molar-refractivity contribution in [3.05, 3.63) is 47.1 Å². The molecule has 0 radical (unpaired) electrons. The standard InChI is InChI=1S/C16H20ClNO3/c1-5-21-16(19)13(10-11(2)17)12(3)18-14-8-6-7-9-15(14)20-4/h6-9,18H,2,5,10H2,1,3-4H3/b13-12-. The number of anilines is 1. The molecule has 0 saturated heterocycles. The molecule has 1 aromatic carbocycles. The first-order valence-corrected chi connectivity index (χ1v) is 6.97. The van der Waals surface area contributed by atoms with E-state index in [0.717, 1.165) is 5.69 Å². The lowest BCUT2D eigenvalue weighted by atomic mass is 10.1. The van der Waals surface area contributed by atoms with Crippen molar-refractivity contribution < 1.29 is 14.3 Å². The second-order valence-corrected chi connectivity index (χ2v) is 4.88. The molecule has 1 aromatic rings. The van der Waals surface area contributed by atoms with Gasteiger partial charge in [-0.15, -0.1) is 0 Å². The molecule has 1 rings (SSSR count). The van der Waals surface area contributed by atoms with Crippen molar-refractivity contribution in [2.45, 2.75) is 20.3 Å². The van der Waals surface area contributed by atoms with Gasteiger partial charge in [0, 0.05) is 17.2 Å². The normalized spacial score (nSPS) is 11.4. The van der Waals surface area contributed by atoms with Gasteiger partial charge in [0.1, 0.15) is 5.75 Å². The molecule has 5 heteroatoms. The Morgan fingerprint density at radius 1 is 1.38 bits per heavy atom. The lowest BCUT2D eigenvalue weighted by molar-refractivity contribution is -0.138. The summed E-state index contributed by atoms with van der Waals surface area (Å²) in [4.78, 5) is 12.0. The van der Waals surface area contributed by atoms with E-state index in [4.69, 9.17) is 21.1 Å². The van der Waals surface area contributed by atoms with Crippen LogP contribution < -0.4 is 10.1 Å². The number of ether oxygens (including phenoxy) is 2. The summed E-state index contributed by atoms with van der Waals surface area (Å²) in [5.41, 5.74) is 1.86. The Kier molecular flexibility index (Phi) is 6.82. The Balaban J connectivity index is 3.08. The second kappa shape index (κ2) is 8.37. The van der Waals surface area contributed by atoms with Crippen LogP contribution in [0.2, 0.25) is 0 Å². The minimum Gasteiger partial charge on any atom is -0.495 e. The molecule has 0 atom stereocenters. The van der Waals surface area contributed by atoms with E-state index in [0.29, 0.717) is 28.7 Å². The predicted octanol–water partition coefficient (Wildman–Crippen LogP) is 4.09. The maximum absolute atomic E-state index is 12.0. The van der Waals surface area contributed by atoms with E-state index in [-0.39, 0.29) is 6.42 Å². The van der Waals surface area contributed by atoms with Crippen LogP contribution in [0.1, 0.15) is 20.3 Å². The molecule has 0 amide bonds. The number of carbonyl (C=O) groups excluding carboxylic acids is 1. The highest BCUT2D eigenvalue weighted by Crippen LogP contribution is 2.26. The van der Waals surface area contributed by atoms with Crippen LogP contribution in [0.5, 0.6) is 5.75 Å². The fourth-order valence-corrected chi connectivity index (χ4v) is 1.93. The summed E-state index contributed by atoms with van der Waals surface area (Å²) in [6.07, 6.45) is 0.244. The molecule has 114 valence electrons. The molecule has 1 N–H and O–H groups in total. The maximum atomic E-state index is 12.0. The first-order valence-electron chi connectivity index (χ1n) is 6.59. The quantitative estimate of drug-likeness (QED) is 0.609. The van der Waals surface area contributed by atoms with Crippen LogP contribution in [0.3, 0.4) is 0 Å². The molecule has 0 spiro atoms. The fraction of sp³-hybridized carbons (Fsp3) is 0.312. The summed E-state index contributed by atoms with van der Waals surface area (Å²) in [6.45, 7) is 7.48. The minimum atomic E-state index is -0.404. The molecule has 21 heavy (non-hydrogen) atoms. The van der Waals surface area contributed by atoms with Crippen molar-refractivity contribution in [3.8, 4) is 5.75 Å². The van der Waals surface area contributed by atoms with Gasteiger partial charge in [0.05, 0.1) is 25.0 Å². The van der Waals surface area contributed by atoms with Gasteiger partial charge < -0.3 is 14.8 Å². The summed E-state index contributed by atoms with van der Waals surface area (Å²) in [5.74, 6) is 0.281. The molecule has 0 aromatic heterocycles. The molecule has 0 aliphatic heterocycles. The van der Waals surface area contributed by atoms with Crippen molar-refractivity contribution in [1.29, 1.82) is 0 Å². The predicted molar refractivity (Wildman–Crippen MR) is 85.6 cm³/mol. The van der Waals surface area contributed by atoms with Gasteiger partial charge in [-0.1, -0.05) is 30.3 Å². The highest BCUT2D eigenvalue weighted by atomic mass is 35.5. The van der Waals surface area contributed by atoms with Crippen LogP contribution >= 0.6 is 11.6 Å². The number of nitrogens with one attached hydrogen (secondary N) is 1. The van der Waals surface area contributed by atoms with Crippen LogP contribution in [-0.4, -0.2) is 19.7 Å². The molecular formula is C16H20ClNO3. The number of hydrogen-bond acceptors (Lipinski definition) is 4. The molecule has 0 aliphatic carbocycles. The van der Waals surface area contributed by atoms with E-state index >= 15 is 0 Å². The van der Waals surface area contributed by atoms with E-state index in [1.807, 2.05) is 24.3 Å². The molecule has 4 nitrogen and oxygen atoms in total. The number of esters is 1. The summed E-state index contributed by atoms with van der Waals surface area (Å²) < 4.78 is 10.3. The van der Waals surface area contributed by atoms with Gasteiger partial charge >= 0.3 is 5.97 Å². The SMILES string of the molecule is C=C(Cl)C/C(C(=O)OCC)=C(\C)Nc1ccccc1OC. The summed E-state index contributed by atoms with van der Waals surface area (Å²) in [7, 11) is 1.59. The zero-order chi connectivity index (χ0) is 15.8. The minimum absolute atomic E-state index is 0.244. The average molecular weight is 310 g/mol. The van der Waals surface area contributed by atoms with E-state index in [9.17, 15) is 4.79 Å². The van der Waals surface area contributed by atoms with Crippen molar-refractivity contribution in [2.24, 2.45) is 0 Å². The summed E-state index contributed by atoms with van der Waals surface area (Å²) in [5, 5.41) is 3.53. The van der Waals surface area contributed by atoms with E-state index in [2.05, 4.69) is 11.9 Å². The zero-order valence-electron chi connectivity index (χ0n) is 12.5. The monoisotopic (exact) mass is 309 g/mol. The van der Waals surface area contributed by atoms with Crippen LogP contribution in [0, 0.1) is 0 Å². The van der Waals surface area contributed by atoms with Crippen molar-refractivity contribution >= 4 is 23.3 Å². The molecular weight excluding hydrogens is 290 g/mol. The Labute approximate surface area is 130 Å². The van der Waals surface area contributed by atoms with Crippen LogP contribution in [-0.2, 0) is 9.53 Å². The molecule has 0 fully saturated rings. The number of halogens is 1. The van der Waals surface area contributed by atoms with E-state index in [1.54, 1.807) is 21.0 Å². The maximum Gasteiger partial charge on any atom is 0.336 e. The topological polar surface area (TPSA) is 47.6 Å². The second-order valence-electron chi connectivity index (χ2n) is 4.34. The smallest absolute Gasteiger partial charge is 0.336 e. The van der Waals surface area contributed by atoms with Crippen LogP contribution in [0.15, 0.2) is 47.1 Å². The number of para-hydroxylation sites is 2. The third-order valence-corrected chi connectivity index (χ3v) is 2.91. The van der Waals surface area contributed by atoms with Gasteiger partial charge in [0.25, 0.3) is 0 Å². The van der Waals surface area contributed by atoms with Crippen LogP contribution in [0.25, 0.3) is 0 Å². The lowest BCUT2D eigenvalue weighted by Crippen LogP contribution is -2.13. The zero-order valence-corrected chi connectivity index (χ0v) is 13.3. The number of rotatable bonds is 7. The first kappa shape index (κ1) is 17.1. The fourth-order valence-electron chi connectivity index (χ4n) is 1.79. The van der Waals surface area contributed by atoms with Gasteiger partial charge in [-0.3, -0.25) is 0 Å².